The van der Waals surface area contributed by atoms with Gasteiger partial charge in [0.2, 0.25) is 0 Å². The van der Waals surface area contributed by atoms with Crippen LogP contribution in [0.5, 0.6) is 11.5 Å². The summed E-state index contributed by atoms with van der Waals surface area (Å²) in [4.78, 5) is 23.7. The smallest absolute Gasteiger partial charge is 0.276 e. The lowest BCUT2D eigenvalue weighted by Crippen LogP contribution is -2.45. The number of hydrogen-bond acceptors (Lipinski definition) is 4. The van der Waals surface area contributed by atoms with Gasteiger partial charge in [-0.25, -0.2) is 0 Å². The fourth-order valence-electron chi connectivity index (χ4n) is 2.49. The summed E-state index contributed by atoms with van der Waals surface area (Å²) in [6.07, 6.45) is 0. The summed E-state index contributed by atoms with van der Waals surface area (Å²) in [5, 5.41) is 0.395. The molecule has 3 rings (SSSR count). The Labute approximate surface area is 187 Å². The first-order valence-corrected chi connectivity index (χ1v) is 10.1. The van der Waals surface area contributed by atoms with Crippen LogP contribution in [-0.4, -0.2) is 25.0 Å². The van der Waals surface area contributed by atoms with Crippen LogP contribution in [0.25, 0.3) is 11.1 Å². The number of halogens is 2. The zero-order valence-corrected chi connectivity index (χ0v) is 18.1. The topological polar surface area (TPSA) is 76.7 Å². The van der Waals surface area contributed by atoms with E-state index in [0.717, 1.165) is 11.1 Å². The highest BCUT2D eigenvalue weighted by atomic mass is 79.9. The molecule has 0 spiro atoms. The number of amides is 2. The van der Waals surface area contributed by atoms with Crippen molar-refractivity contribution < 1.29 is 19.1 Å². The number of hydrogen-bond donors (Lipinski definition) is 2. The first-order valence-electron chi connectivity index (χ1n) is 8.95. The minimum absolute atomic E-state index is 0.269. The Hall–Kier alpha value is -3.03. The highest BCUT2D eigenvalue weighted by Crippen LogP contribution is 2.30. The normalized spacial score (nSPS) is 10.2. The van der Waals surface area contributed by atoms with E-state index in [-0.39, 0.29) is 13.2 Å². The molecule has 0 fully saturated rings. The molecule has 30 heavy (non-hydrogen) atoms. The van der Waals surface area contributed by atoms with Crippen molar-refractivity contribution in [2.24, 2.45) is 0 Å². The highest BCUT2D eigenvalue weighted by molar-refractivity contribution is 9.10. The van der Waals surface area contributed by atoms with Crippen molar-refractivity contribution in [3.8, 4) is 22.6 Å². The lowest BCUT2D eigenvalue weighted by Gasteiger charge is -2.11. The van der Waals surface area contributed by atoms with Gasteiger partial charge < -0.3 is 9.47 Å². The predicted octanol–water partition coefficient (Wildman–Crippen LogP) is 4.37. The molecule has 3 aromatic carbocycles. The molecule has 0 atom stereocenters. The number of nitrogens with one attached hydrogen (secondary N) is 2. The second-order valence-corrected chi connectivity index (χ2v) is 7.38. The molecule has 8 heteroatoms. The summed E-state index contributed by atoms with van der Waals surface area (Å²) in [6.45, 7) is -0.563. The van der Waals surface area contributed by atoms with E-state index in [1.807, 2.05) is 42.5 Å². The molecular formula is C22H18BrClN2O4. The van der Waals surface area contributed by atoms with Gasteiger partial charge in [-0.3, -0.25) is 20.4 Å². The fraction of sp³-hybridized carbons (Fsp3) is 0.0909. The SMILES string of the molecule is O=C(COc1ccccc1Cl)NNC(=O)COc1ccc(-c2ccccc2)cc1Br. The van der Waals surface area contributed by atoms with E-state index in [0.29, 0.717) is 21.0 Å². The molecule has 0 bridgehead atoms. The van der Waals surface area contributed by atoms with E-state index in [1.165, 1.54) is 0 Å². The van der Waals surface area contributed by atoms with Crippen LogP contribution in [0.3, 0.4) is 0 Å². The largest absolute Gasteiger partial charge is 0.483 e. The summed E-state index contributed by atoms with van der Waals surface area (Å²) < 4.78 is 11.5. The van der Waals surface area contributed by atoms with Crippen molar-refractivity contribution in [2.75, 3.05) is 13.2 Å². The second-order valence-electron chi connectivity index (χ2n) is 6.12. The van der Waals surface area contributed by atoms with E-state index < -0.39 is 11.8 Å². The quantitative estimate of drug-likeness (QED) is 0.483. The van der Waals surface area contributed by atoms with E-state index in [1.54, 1.807) is 30.3 Å². The summed E-state index contributed by atoms with van der Waals surface area (Å²) in [6, 6.07) is 22.3. The number of rotatable bonds is 7. The minimum Gasteiger partial charge on any atom is -0.483 e. The van der Waals surface area contributed by atoms with E-state index >= 15 is 0 Å². The molecule has 2 amide bonds. The zero-order chi connectivity index (χ0) is 21.3. The van der Waals surface area contributed by atoms with Gasteiger partial charge in [-0.1, -0.05) is 60.1 Å². The summed E-state index contributed by atoms with van der Waals surface area (Å²) in [5.41, 5.74) is 6.62. The van der Waals surface area contributed by atoms with Crippen molar-refractivity contribution in [3.63, 3.8) is 0 Å². The van der Waals surface area contributed by atoms with Crippen LogP contribution in [-0.2, 0) is 9.59 Å². The molecule has 0 aromatic heterocycles. The third kappa shape index (κ3) is 6.23. The van der Waals surface area contributed by atoms with Crippen LogP contribution in [0.1, 0.15) is 0 Å². The average Bonchev–Trinajstić information content (AvgIpc) is 2.77. The number of benzene rings is 3. The molecule has 0 radical (unpaired) electrons. The summed E-state index contributed by atoms with van der Waals surface area (Å²) >= 11 is 9.40. The minimum atomic E-state index is -0.531. The van der Waals surface area contributed by atoms with Crippen LogP contribution < -0.4 is 20.3 Å². The van der Waals surface area contributed by atoms with Crippen LogP contribution in [0.2, 0.25) is 5.02 Å². The molecule has 6 nitrogen and oxygen atoms in total. The number of carbonyl (C=O) groups is 2. The molecule has 2 N–H and O–H groups in total. The predicted molar refractivity (Wildman–Crippen MR) is 118 cm³/mol. The molecule has 0 saturated carbocycles. The lowest BCUT2D eigenvalue weighted by molar-refractivity contribution is -0.131. The third-order valence-electron chi connectivity index (χ3n) is 3.93. The van der Waals surface area contributed by atoms with E-state index in [4.69, 9.17) is 21.1 Å². The average molecular weight is 490 g/mol. The van der Waals surface area contributed by atoms with Gasteiger partial charge in [-0.15, -0.1) is 0 Å². The Kier molecular flexibility index (Phi) is 7.70. The molecule has 154 valence electrons. The highest BCUT2D eigenvalue weighted by Gasteiger charge is 2.10. The molecule has 0 unspecified atom stereocenters. The van der Waals surface area contributed by atoms with Crippen molar-refractivity contribution in [2.45, 2.75) is 0 Å². The van der Waals surface area contributed by atoms with E-state index in [9.17, 15) is 9.59 Å². The molecule has 0 aliphatic rings. The van der Waals surface area contributed by atoms with Gasteiger partial charge >= 0.3 is 0 Å². The van der Waals surface area contributed by atoms with Gasteiger partial charge in [0.05, 0.1) is 9.50 Å². The molecular weight excluding hydrogens is 472 g/mol. The third-order valence-corrected chi connectivity index (χ3v) is 4.87. The first-order chi connectivity index (χ1) is 14.5. The van der Waals surface area contributed by atoms with Gasteiger partial charge in [-0.2, -0.15) is 0 Å². The summed E-state index contributed by atoms with van der Waals surface area (Å²) in [7, 11) is 0. The van der Waals surface area contributed by atoms with Crippen molar-refractivity contribution in [3.05, 3.63) is 82.3 Å². The Morgan fingerprint density at radius 1 is 0.767 bits per heavy atom. The van der Waals surface area contributed by atoms with E-state index in [2.05, 4.69) is 26.8 Å². The van der Waals surface area contributed by atoms with Crippen molar-refractivity contribution >= 4 is 39.3 Å². The standard InChI is InChI=1S/C22H18BrClN2O4/c23-17-12-16(15-6-2-1-3-7-15)10-11-19(17)29-13-21(27)25-26-22(28)14-30-20-9-5-4-8-18(20)24/h1-12H,13-14H2,(H,25,27)(H,26,28). The number of carbonyl (C=O) groups excluding carboxylic acids is 2. The van der Waals surface area contributed by atoms with Gasteiger partial charge in [0.15, 0.2) is 13.2 Å². The molecule has 3 aromatic rings. The maximum Gasteiger partial charge on any atom is 0.276 e. The number of para-hydroxylation sites is 1. The van der Waals surface area contributed by atoms with Gasteiger partial charge in [-0.05, 0) is 51.3 Å². The van der Waals surface area contributed by atoms with Crippen LogP contribution in [0.15, 0.2) is 77.3 Å². The lowest BCUT2D eigenvalue weighted by atomic mass is 10.1. The second kappa shape index (κ2) is 10.7. The molecule has 0 heterocycles. The van der Waals surface area contributed by atoms with Crippen LogP contribution in [0.4, 0.5) is 0 Å². The maximum atomic E-state index is 11.9. The molecule has 0 saturated heterocycles. The van der Waals surface area contributed by atoms with Gasteiger partial charge in [0.25, 0.3) is 11.8 Å². The van der Waals surface area contributed by atoms with Crippen molar-refractivity contribution in [1.29, 1.82) is 0 Å². The van der Waals surface area contributed by atoms with Crippen molar-refractivity contribution in [1.82, 2.24) is 10.9 Å². The number of hydrazine groups is 1. The fourth-order valence-corrected chi connectivity index (χ4v) is 3.17. The van der Waals surface area contributed by atoms with Gasteiger partial charge in [0.1, 0.15) is 11.5 Å². The molecule has 0 aliphatic carbocycles. The van der Waals surface area contributed by atoms with Crippen LogP contribution in [0, 0.1) is 0 Å². The monoisotopic (exact) mass is 488 g/mol. The summed E-state index contributed by atoms with van der Waals surface area (Å²) in [5.74, 6) is -0.150. The Balaban J connectivity index is 1.43. The maximum absolute atomic E-state index is 11.9. The Morgan fingerprint density at radius 3 is 2.00 bits per heavy atom. The molecule has 0 aliphatic heterocycles. The van der Waals surface area contributed by atoms with Gasteiger partial charge in [0, 0.05) is 0 Å². The van der Waals surface area contributed by atoms with Crippen LogP contribution >= 0.6 is 27.5 Å². The first kappa shape index (κ1) is 21.7. The Morgan fingerprint density at radius 2 is 1.37 bits per heavy atom. The number of ether oxygens (including phenoxy) is 2. The Bertz CT molecular complexity index is 1030. The zero-order valence-electron chi connectivity index (χ0n) is 15.7.